The van der Waals surface area contributed by atoms with Crippen molar-refractivity contribution in [2.24, 2.45) is 21.1 Å². The number of halogens is 2. The smallest absolute Gasteiger partial charge is 0.296 e. The predicted octanol–water partition coefficient (Wildman–Crippen LogP) is 1.94. The molecule has 4 rings (SSSR count). The van der Waals surface area contributed by atoms with Gasteiger partial charge in [-0.25, -0.2) is 9.78 Å². The molecule has 0 saturated carbocycles. The molecule has 0 amide bonds. The Labute approximate surface area is 155 Å². The minimum Gasteiger partial charge on any atom is -0.296 e. The van der Waals surface area contributed by atoms with Crippen LogP contribution in [0.15, 0.2) is 32.6 Å². The van der Waals surface area contributed by atoms with Crippen molar-refractivity contribution in [2.45, 2.75) is 0 Å². The number of rotatable bonds is 0. The van der Waals surface area contributed by atoms with Gasteiger partial charge < -0.3 is 0 Å². The van der Waals surface area contributed by atoms with E-state index in [0.29, 0.717) is 20.9 Å². The number of pyridine rings is 2. The average molecular weight is 391 g/mol. The van der Waals surface area contributed by atoms with Gasteiger partial charge in [0.15, 0.2) is 0 Å². The normalized spacial score (nSPS) is 11.7. The van der Waals surface area contributed by atoms with E-state index in [9.17, 15) is 14.4 Å². The molecule has 0 spiro atoms. The number of hydrogen-bond donors (Lipinski definition) is 0. The number of benzene rings is 1. The largest absolute Gasteiger partial charge is 0.332 e. The van der Waals surface area contributed by atoms with Gasteiger partial charge >= 0.3 is 5.69 Å². The van der Waals surface area contributed by atoms with E-state index in [2.05, 4.69) is 4.98 Å². The molecular weight excluding hydrogens is 379 g/mol. The van der Waals surface area contributed by atoms with Crippen molar-refractivity contribution >= 4 is 56.0 Å². The molecule has 0 aliphatic carbocycles. The van der Waals surface area contributed by atoms with Crippen LogP contribution in [0, 0.1) is 0 Å². The Kier molecular flexibility index (Phi) is 3.51. The Bertz CT molecular complexity index is 1450. The molecule has 0 aliphatic rings. The quantitative estimate of drug-likeness (QED) is 0.339. The van der Waals surface area contributed by atoms with Crippen LogP contribution in [0.3, 0.4) is 0 Å². The van der Waals surface area contributed by atoms with Crippen LogP contribution in [0.1, 0.15) is 0 Å². The van der Waals surface area contributed by atoms with Crippen molar-refractivity contribution in [2.75, 3.05) is 0 Å². The molecule has 0 N–H and O–H groups in total. The van der Waals surface area contributed by atoms with E-state index in [-0.39, 0.29) is 27.5 Å². The maximum Gasteiger partial charge on any atom is 0.332 e. The first-order valence-corrected chi connectivity index (χ1v) is 8.36. The summed E-state index contributed by atoms with van der Waals surface area (Å²) in [6.45, 7) is 0. The van der Waals surface area contributed by atoms with E-state index in [1.807, 2.05) is 0 Å². The van der Waals surface area contributed by atoms with E-state index >= 15 is 0 Å². The molecule has 1 aromatic carbocycles. The SMILES string of the molecule is Cn1c(=O)c2c3nc4cc(Cl)cc(Cl)c4cc3c(=O)n(C)c2n(C)c1=O. The molecule has 0 atom stereocenters. The van der Waals surface area contributed by atoms with Crippen LogP contribution in [0.4, 0.5) is 0 Å². The van der Waals surface area contributed by atoms with Gasteiger partial charge in [0.25, 0.3) is 11.1 Å². The third kappa shape index (κ3) is 2.07. The summed E-state index contributed by atoms with van der Waals surface area (Å²) in [5.74, 6) is 0. The standard InChI is InChI=1S/C17H12Cl2N4O3/c1-21-14-12(16(25)23(3)17(26)22(14)2)13-9(15(21)24)6-8-10(19)4-7(18)5-11(8)20-13/h4-6H,1-3H3. The molecule has 3 aromatic heterocycles. The minimum absolute atomic E-state index is 0.185. The average Bonchev–Trinajstić information content (AvgIpc) is 2.59. The monoisotopic (exact) mass is 390 g/mol. The zero-order valence-electron chi connectivity index (χ0n) is 14.0. The summed E-state index contributed by atoms with van der Waals surface area (Å²) in [5.41, 5.74) is -0.551. The summed E-state index contributed by atoms with van der Waals surface area (Å²) in [7, 11) is 4.40. The van der Waals surface area contributed by atoms with Gasteiger partial charge in [-0.2, -0.15) is 0 Å². The number of fused-ring (bicyclic) bond motifs is 4. The van der Waals surface area contributed by atoms with Gasteiger partial charge in [-0.3, -0.25) is 23.3 Å². The Hall–Kier alpha value is -2.64. The molecule has 0 aliphatic heterocycles. The molecule has 7 nitrogen and oxygen atoms in total. The fourth-order valence-electron chi connectivity index (χ4n) is 3.26. The maximum atomic E-state index is 12.9. The Morgan fingerprint density at radius 1 is 0.846 bits per heavy atom. The summed E-state index contributed by atoms with van der Waals surface area (Å²) in [5, 5.41) is 1.74. The molecule has 0 fully saturated rings. The van der Waals surface area contributed by atoms with Crippen molar-refractivity contribution in [3.05, 3.63) is 59.4 Å². The van der Waals surface area contributed by atoms with E-state index < -0.39 is 11.2 Å². The molecule has 0 saturated heterocycles. The summed E-state index contributed by atoms with van der Waals surface area (Å²) >= 11 is 12.3. The molecule has 0 bridgehead atoms. The number of nitrogens with zero attached hydrogens (tertiary/aromatic N) is 4. The maximum absolute atomic E-state index is 12.9. The Balaban J connectivity index is 2.45. The second-order valence-corrected chi connectivity index (χ2v) is 6.95. The van der Waals surface area contributed by atoms with E-state index in [1.165, 1.54) is 30.3 Å². The van der Waals surface area contributed by atoms with Crippen molar-refractivity contribution in [1.82, 2.24) is 18.7 Å². The predicted molar refractivity (Wildman–Crippen MR) is 102 cm³/mol. The van der Waals surface area contributed by atoms with Gasteiger partial charge in [0.2, 0.25) is 0 Å². The second-order valence-electron chi connectivity index (χ2n) is 6.11. The molecule has 26 heavy (non-hydrogen) atoms. The van der Waals surface area contributed by atoms with Crippen LogP contribution in [0.2, 0.25) is 10.0 Å². The van der Waals surface area contributed by atoms with Crippen LogP contribution < -0.4 is 16.8 Å². The lowest BCUT2D eigenvalue weighted by molar-refractivity contribution is 0.691. The van der Waals surface area contributed by atoms with Gasteiger partial charge in [-0.1, -0.05) is 23.2 Å². The lowest BCUT2D eigenvalue weighted by atomic mass is 10.1. The highest BCUT2D eigenvalue weighted by atomic mass is 35.5. The van der Waals surface area contributed by atoms with Gasteiger partial charge in [0, 0.05) is 31.6 Å². The molecule has 132 valence electrons. The van der Waals surface area contributed by atoms with Crippen LogP contribution in [0.25, 0.3) is 32.8 Å². The molecular formula is C17H12Cl2N4O3. The fourth-order valence-corrected chi connectivity index (χ4v) is 3.80. The van der Waals surface area contributed by atoms with Gasteiger partial charge in [-0.15, -0.1) is 0 Å². The highest BCUT2D eigenvalue weighted by molar-refractivity contribution is 6.38. The van der Waals surface area contributed by atoms with Gasteiger partial charge in [0.05, 0.1) is 21.4 Å². The molecule has 0 unspecified atom stereocenters. The number of aromatic nitrogens is 4. The summed E-state index contributed by atoms with van der Waals surface area (Å²) in [4.78, 5) is 42.4. The first-order chi connectivity index (χ1) is 12.2. The third-order valence-corrected chi connectivity index (χ3v) is 5.10. The van der Waals surface area contributed by atoms with E-state index in [1.54, 1.807) is 18.2 Å². The minimum atomic E-state index is -0.524. The number of hydrogen-bond acceptors (Lipinski definition) is 4. The fraction of sp³-hybridized carbons (Fsp3) is 0.176. The second kappa shape index (κ2) is 5.43. The van der Waals surface area contributed by atoms with Crippen molar-refractivity contribution in [1.29, 1.82) is 0 Å². The van der Waals surface area contributed by atoms with Gasteiger partial charge in [-0.05, 0) is 18.2 Å². The molecule has 4 aromatic rings. The van der Waals surface area contributed by atoms with Crippen LogP contribution in [-0.4, -0.2) is 18.7 Å². The van der Waals surface area contributed by atoms with E-state index in [4.69, 9.17) is 23.2 Å². The highest BCUT2D eigenvalue weighted by Gasteiger charge is 2.19. The molecule has 3 heterocycles. The summed E-state index contributed by atoms with van der Waals surface area (Å²) in [6, 6.07) is 4.77. The highest BCUT2D eigenvalue weighted by Crippen LogP contribution is 2.29. The summed E-state index contributed by atoms with van der Waals surface area (Å²) in [6.07, 6.45) is 0. The van der Waals surface area contributed by atoms with Crippen molar-refractivity contribution < 1.29 is 0 Å². The lowest BCUT2D eigenvalue weighted by Gasteiger charge is -2.13. The first kappa shape index (κ1) is 16.8. The molecule has 9 heteroatoms. The number of aryl methyl sites for hydroxylation is 2. The zero-order valence-corrected chi connectivity index (χ0v) is 15.5. The van der Waals surface area contributed by atoms with Crippen LogP contribution >= 0.6 is 23.2 Å². The van der Waals surface area contributed by atoms with Crippen LogP contribution in [-0.2, 0) is 21.1 Å². The van der Waals surface area contributed by atoms with Gasteiger partial charge in [0.1, 0.15) is 11.0 Å². The van der Waals surface area contributed by atoms with E-state index in [0.717, 1.165) is 4.57 Å². The topological polar surface area (TPSA) is 78.9 Å². The zero-order chi connectivity index (χ0) is 18.9. The third-order valence-electron chi connectivity index (χ3n) is 4.57. The molecule has 0 radical (unpaired) electrons. The van der Waals surface area contributed by atoms with Crippen molar-refractivity contribution in [3.63, 3.8) is 0 Å². The van der Waals surface area contributed by atoms with Crippen LogP contribution in [0.5, 0.6) is 0 Å². The van der Waals surface area contributed by atoms with Crippen molar-refractivity contribution in [3.8, 4) is 0 Å². The Morgan fingerprint density at radius 3 is 2.23 bits per heavy atom. The lowest BCUT2D eigenvalue weighted by Crippen LogP contribution is -2.39. The Morgan fingerprint density at radius 2 is 1.54 bits per heavy atom. The summed E-state index contributed by atoms with van der Waals surface area (Å²) < 4.78 is 3.52. The first-order valence-electron chi connectivity index (χ1n) is 7.60.